The Morgan fingerprint density at radius 2 is 2.09 bits per heavy atom. The Balaban J connectivity index is 1.38. The Morgan fingerprint density at radius 3 is 2.84 bits per heavy atom. The van der Waals surface area contributed by atoms with E-state index in [1.165, 1.54) is 31.3 Å². The van der Waals surface area contributed by atoms with Crippen molar-refractivity contribution in [1.82, 2.24) is 4.90 Å². The summed E-state index contributed by atoms with van der Waals surface area (Å²) in [6.07, 6.45) is 16.3. The number of hydrogen-bond acceptors (Lipinski definition) is 4. The molecule has 1 heterocycles. The first-order chi connectivity index (χ1) is 15.5. The first kappa shape index (κ1) is 25.8. The summed E-state index contributed by atoms with van der Waals surface area (Å²) >= 11 is 1.88. The molecule has 1 amide bonds. The van der Waals surface area contributed by atoms with Crippen molar-refractivity contribution in [3.63, 3.8) is 0 Å². The molecule has 0 spiro atoms. The lowest BCUT2D eigenvalue weighted by atomic mass is 9.88. The number of piperidine rings is 1. The van der Waals surface area contributed by atoms with Gasteiger partial charge in [-0.2, -0.15) is 11.8 Å². The molecule has 182 valence electrons. The number of carbonyl (C=O) groups is 1. The second kappa shape index (κ2) is 13.2. The van der Waals surface area contributed by atoms with Crippen LogP contribution >= 0.6 is 11.8 Å². The van der Waals surface area contributed by atoms with Crippen LogP contribution in [0, 0.1) is 23.7 Å². The average molecular weight is 464 g/mol. The molecule has 0 aromatic heterocycles. The van der Waals surface area contributed by atoms with E-state index < -0.39 is 6.10 Å². The van der Waals surface area contributed by atoms with Gasteiger partial charge in [0.2, 0.25) is 5.91 Å². The molecule has 3 aliphatic rings. The van der Waals surface area contributed by atoms with Gasteiger partial charge in [0.1, 0.15) is 0 Å². The number of carbonyl (C=O) groups excluding carboxylic acids is 1. The van der Waals surface area contributed by atoms with Gasteiger partial charge in [0, 0.05) is 36.9 Å². The molecule has 1 aliphatic heterocycles. The summed E-state index contributed by atoms with van der Waals surface area (Å²) < 4.78 is 0. The van der Waals surface area contributed by atoms with Gasteiger partial charge >= 0.3 is 0 Å². The van der Waals surface area contributed by atoms with Gasteiger partial charge in [-0.3, -0.25) is 4.79 Å². The SMILES string of the molecule is CCCC[C@H](C)C[C@H](O)C=C[C@@H]1[C@H]2CC(CSCCC(=O)N3CCCCC3)=C[C@H]2C[C@H]1O. The van der Waals surface area contributed by atoms with Crippen LogP contribution < -0.4 is 0 Å². The van der Waals surface area contributed by atoms with Gasteiger partial charge in [0.05, 0.1) is 12.2 Å². The summed E-state index contributed by atoms with van der Waals surface area (Å²) in [5, 5.41) is 21.0. The Morgan fingerprint density at radius 1 is 1.31 bits per heavy atom. The number of amides is 1. The fraction of sp³-hybridized carbons (Fsp3) is 0.815. The molecule has 32 heavy (non-hydrogen) atoms. The van der Waals surface area contributed by atoms with E-state index in [-0.39, 0.29) is 12.0 Å². The molecule has 2 fully saturated rings. The first-order valence-corrected chi connectivity index (χ1v) is 14.2. The number of allylic oxidation sites excluding steroid dienone is 1. The summed E-state index contributed by atoms with van der Waals surface area (Å²) in [6, 6.07) is 0. The third-order valence-electron chi connectivity index (χ3n) is 7.66. The number of aliphatic hydroxyl groups is 2. The molecule has 6 atom stereocenters. The van der Waals surface area contributed by atoms with Gasteiger partial charge in [0.25, 0.3) is 0 Å². The number of rotatable bonds is 12. The third-order valence-corrected chi connectivity index (χ3v) is 8.72. The minimum absolute atomic E-state index is 0.153. The molecule has 0 radical (unpaired) electrons. The number of unbranched alkanes of at least 4 members (excludes halogenated alkanes) is 1. The van der Waals surface area contributed by atoms with Crippen LogP contribution in [-0.2, 0) is 4.79 Å². The molecule has 3 rings (SSSR count). The molecule has 1 saturated carbocycles. The number of hydrogen-bond donors (Lipinski definition) is 2. The Kier molecular flexibility index (Phi) is 10.7. The van der Waals surface area contributed by atoms with Crippen LogP contribution in [0.4, 0.5) is 0 Å². The van der Waals surface area contributed by atoms with Gasteiger partial charge < -0.3 is 15.1 Å². The van der Waals surface area contributed by atoms with Crippen LogP contribution in [0.15, 0.2) is 23.8 Å². The van der Waals surface area contributed by atoms with Gasteiger partial charge in [-0.15, -0.1) is 0 Å². The van der Waals surface area contributed by atoms with E-state index in [0.717, 1.165) is 56.7 Å². The Bertz CT molecular complexity index is 643. The van der Waals surface area contributed by atoms with Crippen molar-refractivity contribution in [2.45, 2.75) is 90.3 Å². The van der Waals surface area contributed by atoms with Crippen molar-refractivity contribution < 1.29 is 15.0 Å². The zero-order chi connectivity index (χ0) is 22.9. The fourth-order valence-corrected chi connectivity index (χ4v) is 6.73. The highest BCUT2D eigenvalue weighted by Crippen LogP contribution is 2.47. The number of aliphatic hydroxyl groups excluding tert-OH is 2. The van der Waals surface area contributed by atoms with Crippen molar-refractivity contribution in [2.24, 2.45) is 23.7 Å². The molecule has 0 aromatic rings. The summed E-state index contributed by atoms with van der Waals surface area (Å²) in [5.41, 5.74) is 1.48. The molecular weight excluding hydrogens is 418 g/mol. The Hall–Kier alpha value is -0.780. The molecule has 1 saturated heterocycles. The molecule has 4 nitrogen and oxygen atoms in total. The summed E-state index contributed by atoms with van der Waals surface area (Å²) in [6.45, 7) is 6.32. The van der Waals surface area contributed by atoms with Crippen LogP contribution in [0.3, 0.4) is 0 Å². The topological polar surface area (TPSA) is 60.8 Å². The second-order valence-corrected chi connectivity index (χ2v) is 11.5. The maximum atomic E-state index is 12.3. The van der Waals surface area contributed by atoms with Crippen molar-refractivity contribution >= 4 is 17.7 Å². The summed E-state index contributed by atoms with van der Waals surface area (Å²) in [7, 11) is 0. The highest BCUT2D eigenvalue weighted by atomic mass is 32.2. The van der Waals surface area contributed by atoms with E-state index in [2.05, 4.69) is 26.0 Å². The highest BCUT2D eigenvalue weighted by molar-refractivity contribution is 7.99. The lowest BCUT2D eigenvalue weighted by molar-refractivity contribution is -0.131. The monoisotopic (exact) mass is 463 g/mol. The molecule has 5 heteroatoms. The van der Waals surface area contributed by atoms with E-state index >= 15 is 0 Å². The number of likely N-dealkylation sites (tertiary alicyclic amines) is 1. The maximum absolute atomic E-state index is 12.3. The first-order valence-electron chi connectivity index (χ1n) is 13.1. The van der Waals surface area contributed by atoms with E-state index in [0.29, 0.717) is 30.1 Å². The maximum Gasteiger partial charge on any atom is 0.223 e. The quantitative estimate of drug-likeness (QED) is 0.308. The smallest absolute Gasteiger partial charge is 0.223 e. The van der Waals surface area contributed by atoms with Gasteiger partial charge in [-0.05, 0) is 56.3 Å². The third kappa shape index (κ3) is 7.63. The van der Waals surface area contributed by atoms with Crippen LogP contribution in [0.25, 0.3) is 0 Å². The van der Waals surface area contributed by atoms with Gasteiger partial charge in [-0.25, -0.2) is 0 Å². The van der Waals surface area contributed by atoms with E-state index in [9.17, 15) is 15.0 Å². The fourth-order valence-electron chi connectivity index (χ4n) is 5.79. The number of nitrogens with zero attached hydrogens (tertiary/aromatic N) is 1. The molecule has 0 bridgehead atoms. The summed E-state index contributed by atoms with van der Waals surface area (Å²) in [5.74, 6) is 3.85. The molecule has 0 aromatic carbocycles. The number of fused-ring (bicyclic) bond motifs is 1. The normalized spacial score (nSPS) is 29.9. The van der Waals surface area contributed by atoms with E-state index in [1.807, 2.05) is 22.7 Å². The zero-order valence-corrected chi connectivity index (χ0v) is 21.1. The van der Waals surface area contributed by atoms with Gasteiger partial charge in [-0.1, -0.05) is 56.9 Å². The zero-order valence-electron chi connectivity index (χ0n) is 20.3. The van der Waals surface area contributed by atoms with Crippen LogP contribution in [0.1, 0.15) is 78.1 Å². The number of thioether (sulfide) groups is 1. The minimum Gasteiger partial charge on any atom is -0.392 e. The largest absolute Gasteiger partial charge is 0.392 e. The molecule has 2 aliphatic carbocycles. The average Bonchev–Trinajstić information content (AvgIpc) is 3.30. The molecular formula is C27H45NO3S. The predicted octanol–water partition coefficient (Wildman–Crippen LogP) is 5.20. The van der Waals surface area contributed by atoms with Crippen molar-refractivity contribution in [3.8, 4) is 0 Å². The second-order valence-electron chi connectivity index (χ2n) is 10.4. The Labute approximate surface area is 199 Å². The van der Waals surface area contributed by atoms with Gasteiger partial charge in [0.15, 0.2) is 0 Å². The van der Waals surface area contributed by atoms with E-state index in [4.69, 9.17) is 0 Å². The van der Waals surface area contributed by atoms with Crippen molar-refractivity contribution in [1.29, 1.82) is 0 Å². The van der Waals surface area contributed by atoms with Crippen LogP contribution in [0.5, 0.6) is 0 Å². The van der Waals surface area contributed by atoms with E-state index in [1.54, 1.807) is 0 Å². The molecule has 0 unspecified atom stereocenters. The lowest BCUT2D eigenvalue weighted by Gasteiger charge is -2.26. The van der Waals surface area contributed by atoms with Crippen LogP contribution in [0.2, 0.25) is 0 Å². The lowest BCUT2D eigenvalue weighted by Crippen LogP contribution is -2.35. The standard InChI is InChI=1S/C27H45NO3S/c1-3-4-8-20(2)15-23(29)9-10-24-25-17-21(16-22(25)18-26(24)30)19-32-14-11-27(31)28-12-6-5-7-13-28/h9-10,16,20,22-26,29-30H,3-8,11-15,17-19H2,1-2H3/t20-,22-,23+,24+,25-,26+/m0/s1. The predicted molar refractivity (Wildman–Crippen MR) is 135 cm³/mol. The molecule has 2 N–H and O–H groups in total. The van der Waals surface area contributed by atoms with Crippen molar-refractivity contribution in [3.05, 3.63) is 23.8 Å². The summed E-state index contributed by atoms with van der Waals surface area (Å²) in [4.78, 5) is 14.4. The van der Waals surface area contributed by atoms with Crippen molar-refractivity contribution in [2.75, 3.05) is 24.6 Å². The van der Waals surface area contributed by atoms with Crippen LogP contribution in [-0.4, -0.2) is 57.8 Å². The minimum atomic E-state index is -0.407. The highest BCUT2D eigenvalue weighted by Gasteiger charge is 2.43.